The lowest BCUT2D eigenvalue weighted by atomic mass is 9.96. The van der Waals surface area contributed by atoms with E-state index in [-0.39, 0.29) is 11.7 Å². The van der Waals surface area contributed by atoms with Crippen LogP contribution in [-0.4, -0.2) is 11.6 Å². The van der Waals surface area contributed by atoms with Gasteiger partial charge in [0.15, 0.2) is 0 Å². The average Bonchev–Trinajstić information content (AvgIpc) is 2.24. The monoisotopic (exact) mass is 264 g/mol. The second-order valence-corrected chi connectivity index (χ2v) is 5.76. The standard InChI is InChI=1S/C16H21FO2/c1-11(2)12-7-6-8-14(17)13(12)9-10-15(18)19-16(3,4)5/h6-11H,1-5H3/b10-9+. The topological polar surface area (TPSA) is 26.3 Å². The van der Waals surface area contributed by atoms with Crippen molar-refractivity contribution in [1.82, 2.24) is 0 Å². The molecule has 0 spiro atoms. The molecule has 0 aromatic heterocycles. The van der Waals surface area contributed by atoms with Crippen molar-refractivity contribution in [2.75, 3.05) is 0 Å². The first-order chi connectivity index (χ1) is 8.70. The highest BCUT2D eigenvalue weighted by Gasteiger charge is 2.14. The third-order valence-electron chi connectivity index (χ3n) is 2.50. The number of esters is 1. The van der Waals surface area contributed by atoms with E-state index in [0.29, 0.717) is 5.56 Å². The van der Waals surface area contributed by atoms with Gasteiger partial charge in [-0.1, -0.05) is 26.0 Å². The van der Waals surface area contributed by atoms with Crippen LogP contribution >= 0.6 is 0 Å². The lowest BCUT2D eigenvalue weighted by molar-refractivity contribution is -0.148. The molecule has 0 unspecified atom stereocenters. The summed E-state index contributed by atoms with van der Waals surface area (Å²) in [6.45, 7) is 9.35. The molecule has 0 radical (unpaired) electrons. The predicted molar refractivity (Wildman–Crippen MR) is 75.4 cm³/mol. The highest BCUT2D eigenvalue weighted by atomic mass is 19.1. The van der Waals surface area contributed by atoms with Crippen LogP contribution in [0.4, 0.5) is 4.39 Å². The lowest BCUT2D eigenvalue weighted by Gasteiger charge is -2.18. The summed E-state index contributed by atoms with van der Waals surface area (Å²) in [6.07, 6.45) is 2.76. The van der Waals surface area contributed by atoms with Gasteiger partial charge in [-0.25, -0.2) is 9.18 Å². The molecule has 0 saturated carbocycles. The first-order valence-electron chi connectivity index (χ1n) is 6.40. The maximum Gasteiger partial charge on any atom is 0.331 e. The number of hydrogen-bond acceptors (Lipinski definition) is 2. The first kappa shape index (κ1) is 15.4. The Morgan fingerprint density at radius 3 is 2.47 bits per heavy atom. The molecule has 1 rings (SSSR count). The molecule has 2 nitrogen and oxygen atoms in total. The summed E-state index contributed by atoms with van der Waals surface area (Å²) in [4.78, 5) is 11.6. The largest absolute Gasteiger partial charge is 0.457 e. The molecule has 3 heteroatoms. The van der Waals surface area contributed by atoms with Crippen LogP contribution in [0, 0.1) is 5.82 Å². The van der Waals surface area contributed by atoms with E-state index < -0.39 is 11.6 Å². The lowest BCUT2D eigenvalue weighted by Crippen LogP contribution is -2.22. The van der Waals surface area contributed by atoms with E-state index in [4.69, 9.17) is 4.74 Å². The smallest absolute Gasteiger partial charge is 0.331 e. The molecule has 0 aliphatic carbocycles. The fourth-order valence-corrected chi connectivity index (χ4v) is 1.72. The van der Waals surface area contributed by atoms with Gasteiger partial charge in [-0.15, -0.1) is 0 Å². The van der Waals surface area contributed by atoms with Gasteiger partial charge in [-0.2, -0.15) is 0 Å². The molecule has 104 valence electrons. The number of rotatable bonds is 3. The van der Waals surface area contributed by atoms with Gasteiger partial charge in [0.05, 0.1) is 0 Å². The van der Waals surface area contributed by atoms with Crippen LogP contribution in [-0.2, 0) is 9.53 Å². The minimum Gasteiger partial charge on any atom is -0.457 e. The Balaban J connectivity index is 2.96. The van der Waals surface area contributed by atoms with E-state index in [2.05, 4.69) is 0 Å². The van der Waals surface area contributed by atoms with E-state index >= 15 is 0 Å². The van der Waals surface area contributed by atoms with Crippen molar-refractivity contribution in [3.63, 3.8) is 0 Å². The molecule has 0 bridgehead atoms. The van der Waals surface area contributed by atoms with Gasteiger partial charge in [0.1, 0.15) is 11.4 Å². The molecule has 0 N–H and O–H groups in total. The minimum absolute atomic E-state index is 0.189. The van der Waals surface area contributed by atoms with E-state index in [1.807, 2.05) is 19.9 Å². The van der Waals surface area contributed by atoms with Gasteiger partial charge in [0.2, 0.25) is 0 Å². The summed E-state index contributed by atoms with van der Waals surface area (Å²) in [5.41, 5.74) is 0.778. The number of carbonyl (C=O) groups excluding carboxylic acids is 1. The van der Waals surface area contributed by atoms with Crippen LogP contribution in [0.15, 0.2) is 24.3 Å². The Morgan fingerprint density at radius 1 is 1.32 bits per heavy atom. The molecule has 1 aromatic rings. The van der Waals surface area contributed by atoms with Crippen LogP contribution in [0.5, 0.6) is 0 Å². The van der Waals surface area contributed by atoms with Crippen molar-refractivity contribution < 1.29 is 13.9 Å². The Bertz CT molecular complexity index is 482. The summed E-state index contributed by atoms with van der Waals surface area (Å²) >= 11 is 0. The maximum atomic E-state index is 13.8. The quantitative estimate of drug-likeness (QED) is 0.601. The molecule has 0 aliphatic heterocycles. The Labute approximate surface area is 114 Å². The predicted octanol–water partition coefficient (Wildman–Crippen LogP) is 4.30. The van der Waals surface area contributed by atoms with Gasteiger partial charge in [0, 0.05) is 11.6 Å². The Kier molecular flexibility index (Phi) is 4.87. The van der Waals surface area contributed by atoms with Crippen LogP contribution < -0.4 is 0 Å². The second-order valence-electron chi connectivity index (χ2n) is 5.76. The van der Waals surface area contributed by atoms with Crippen molar-refractivity contribution in [1.29, 1.82) is 0 Å². The average molecular weight is 264 g/mol. The third-order valence-corrected chi connectivity index (χ3v) is 2.50. The van der Waals surface area contributed by atoms with Crippen LogP contribution in [0.3, 0.4) is 0 Å². The fraction of sp³-hybridized carbons (Fsp3) is 0.438. The molecule has 0 atom stereocenters. The number of halogens is 1. The SMILES string of the molecule is CC(C)c1cccc(F)c1/C=C/C(=O)OC(C)(C)C. The van der Waals surface area contributed by atoms with E-state index in [1.54, 1.807) is 26.8 Å². The van der Waals surface area contributed by atoms with Gasteiger partial charge in [-0.05, 0) is 44.4 Å². The number of carbonyl (C=O) groups is 1. The zero-order valence-corrected chi connectivity index (χ0v) is 12.2. The molecule has 0 fully saturated rings. The van der Waals surface area contributed by atoms with Crippen molar-refractivity contribution in [2.24, 2.45) is 0 Å². The summed E-state index contributed by atoms with van der Waals surface area (Å²) in [5, 5.41) is 0. The van der Waals surface area contributed by atoms with E-state index in [0.717, 1.165) is 5.56 Å². The zero-order valence-electron chi connectivity index (χ0n) is 12.2. The molecule has 1 aromatic carbocycles. The molecular weight excluding hydrogens is 243 g/mol. The van der Waals surface area contributed by atoms with E-state index in [1.165, 1.54) is 18.2 Å². The molecule has 0 aliphatic rings. The Morgan fingerprint density at radius 2 is 1.95 bits per heavy atom. The summed E-state index contributed by atoms with van der Waals surface area (Å²) in [6, 6.07) is 4.93. The van der Waals surface area contributed by atoms with Crippen LogP contribution in [0.2, 0.25) is 0 Å². The molecular formula is C16H21FO2. The van der Waals surface area contributed by atoms with E-state index in [9.17, 15) is 9.18 Å². The second kappa shape index (κ2) is 6.00. The highest BCUT2D eigenvalue weighted by Crippen LogP contribution is 2.23. The van der Waals surface area contributed by atoms with Crippen LogP contribution in [0.25, 0.3) is 6.08 Å². The van der Waals surface area contributed by atoms with Crippen molar-refractivity contribution >= 4 is 12.0 Å². The van der Waals surface area contributed by atoms with Crippen molar-refractivity contribution in [2.45, 2.75) is 46.1 Å². The van der Waals surface area contributed by atoms with Crippen molar-refractivity contribution in [3.05, 3.63) is 41.2 Å². The minimum atomic E-state index is -0.544. The number of hydrogen-bond donors (Lipinski definition) is 0. The normalized spacial score (nSPS) is 12.2. The van der Waals surface area contributed by atoms with Gasteiger partial charge < -0.3 is 4.74 Å². The van der Waals surface area contributed by atoms with Gasteiger partial charge in [0.25, 0.3) is 0 Å². The molecule has 0 saturated heterocycles. The highest BCUT2D eigenvalue weighted by molar-refractivity contribution is 5.87. The van der Waals surface area contributed by atoms with Gasteiger partial charge in [-0.3, -0.25) is 0 Å². The van der Waals surface area contributed by atoms with Crippen molar-refractivity contribution in [3.8, 4) is 0 Å². The maximum absolute atomic E-state index is 13.8. The summed E-state index contributed by atoms with van der Waals surface area (Å²) in [7, 11) is 0. The third kappa shape index (κ3) is 4.86. The Hall–Kier alpha value is -1.64. The number of ether oxygens (including phenoxy) is 1. The molecule has 0 heterocycles. The molecule has 19 heavy (non-hydrogen) atoms. The molecule has 0 amide bonds. The summed E-state index contributed by atoms with van der Waals surface area (Å²) in [5.74, 6) is -0.606. The fourth-order valence-electron chi connectivity index (χ4n) is 1.72. The number of benzene rings is 1. The first-order valence-corrected chi connectivity index (χ1v) is 6.40. The van der Waals surface area contributed by atoms with Gasteiger partial charge >= 0.3 is 5.97 Å². The zero-order chi connectivity index (χ0) is 14.6. The summed E-state index contributed by atoms with van der Waals surface area (Å²) < 4.78 is 18.9. The van der Waals surface area contributed by atoms with Crippen LogP contribution in [0.1, 0.15) is 51.7 Å².